The monoisotopic (exact) mass is 816 g/mol. The van der Waals surface area contributed by atoms with Gasteiger partial charge in [0.2, 0.25) is 5.79 Å². The van der Waals surface area contributed by atoms with Gasteiger partial charge in [-0.3, -0.25) is 14.4 Å². The number of carbonyl (C=O) groups is 4. The molecule has 0 radical (unpaired) electrons. The van der Waals surface area contributed by atoms with Crippen LogP contribution in [-0.2, 0) is 47.6 Å². The van der Waals surface area contributed by atoms with Crippen LogP contribution in [0.5, 0.6) is 0 Å². The average Bonchev–Trinajstić information content (AvgIpc) is 3.21. The Balaban J connectivity index is 1.72. The van der Waals surface area contributed by atoms with E-state index >= 15 is 0 Å². The standard InChI is InChI=1S/C46H73NO11/c1-11-23-56-35-18-17-33(27-37(35)54-9)26-32(6)40-31(5)16-19-39(48)45(7,12-2)28-30(4)24-29(3)25-38(55-10)41-36(53-8)20-21-46(52,58-41)42(49)43(50)47-22-14-13-15-34(47)44(51)57-40/h11,26,28-29,31,33-38,40-41,52H,1,12-25,27H2,2-10H3. The summed E-state index contributed by atoms with van der Waals surface area (Å²) in [4.78, 5) is 57.9. The lowest BCUT2D eigenvalue weighted by atomic mass is 9.77. The fourth-order valence-corrected chi connectivity index (χ4v) is 9.73. The molecule has 4 aliphatic rings. The molecule has 1 amide bonds. The number of Topliss-reactive ketones (excluding diaryl/α,β-unsaturated/α-hetero) is 2. The normalized spacial score (nSPS) is 38.3. The first-order chi connectivity index (χ1) is 27.5. The molecule has 2 bridgehead atoms. The molecule has 2 saturated heterocycles. The molecule has 1 saturated carbocycles. The zero-order valence-electron chi connectivity index (χ0n) is 36.8. The molecule has 3 fully saturated rings. The number of piperidine rings is 1. The summed E-state index contributed by atoms with van der Waals surface area (Å²) in [5.74, 6) is -5.01. The Labute approximate surface area is 347 Å². The van der Waals surface area contributed by atoms with Crippen LogP contribution in [-0.4, -0.2) is 116 Å². The van der Waals surface area contributed by atoms with Crippen molar-refractivity contribution in [1.29, 1.82) is 0 Å². The molecule has 1 N–H and O–H groups in total. The SMILES string of the molecule is C=CCOC1CCC(C=C(C)C2OC(=O)C3CCCCN3C(=O)C(=O)C3(O)CCC(OC)C(O3)C(OC)CC(C)CC(C)=CC(C)(CC)C(=O)CCC2C)CC1OC. The molecular weight excluding hydrogens is 743 g/mol. The maximum Gasteiger partial charge on any atom is 0.329 e. The van der Waals surface area contributed by atoms with Gasteiger partial charge in [0.1, 0.15) is 24.0 Å². The number of ketones is 2. The molecule has 12 atom stereocenters. The van der Waals surface area contributed by atoms with E-state index in [0.29, 0.717) is 58.0 Å². The largest absolute Gasteiger partial charge is 0.456 e. The highest BCUT2D eigenvalue weighted by molar-refractivity contribution is 6.39. The number of hydrogen-bond acceptors (Lipinski definition) is 11. The van der Waals surface area contributed by atoms with Crippen LogP contribution in [0.4, 0.5) is 0 Å². The number of rotatable bonds is 9. The zero-order chi connectivity index (χ0) is 42.8. The molecule has 3 heterocycles. The van der Waals surface area contributed by atoms with Gasteiger partial charge in [0.25, 0.3) is 11.7 Å². The maximum absolute atomic E-state index is 14.3. The molecule has 1 aliphatic carbocycles. The highest BCUT2D eigenvalue weighted by Crippen LogP contribution is 2.38. The summed E-state index contributed by atoms with van der Waals surface area (Å²) in [6.07, 6.45) is 9.95. The van der Waals surface area contributed by atoms with Crippen molar-refractivity contribution in [2.45, 2.75) is 173 Å². The summed E-state index contributed by atoms with van der Waals surface area (Å²) in [5.41, 5.74) is 1.25. The molecular formula is C46H73NO11. The van der Waals surface area contributed by atoms with Crippen LogP contribution >= 0.6 is 0 Å². The molecule has 0 spiro atoms. The van der Waals surface area contributed by atoms with Gasteiger partial charge < -0.3 is 38.4 Å². The second kappa shape index (κ2) is 21.7. The van der Waals surface area contributed by atoms with Crippen LogP contribution in [0.25, 0.3) is 0 Å². The van der Waals surface area contributed by atoms with Crippen molar-refractivity contribution in [2.75, 3.05) is 34.5 Å². The lowest BCUT2D eigenvalue weighted by molar-refractivity contribution is -0.283. The Morgan fingerprint density at radius 1 is 0.966 bits per heavy atom. The minimum atomic E-state index is -2.42. The van der Waals surface area contributed by atoms with Gasteiger partial charge in [-0.05, 0) is 115 Å². The first kappa shape index (κ1) is 47.9. The highest BCUT2D eigenvalue weighted by Gasteiger charge is 2.53. The van der Waals surface area contributed by atoms with Crippen molar-refractivity contribution in [3.63, 3.8) is 0 Å². The Kier molecular flexibility index (Phi) is 17.9. The van der Waals surface area contributed by atoms with Crippen LogP contribution in [0, 0.1) is 23.2 Å². The van der Waals surface area contributed by atoms with Gasteiger partial charge in [-0.15, -0.1) is 6.58 Å². The van der Waals surface area contributed by atoms with Gasteiger partial charge in [0, 0.05) is 46.1 Å². The summed E-state index contributed by atoms with van der Waals surface area (Å²) in [6, 6.07) is -1.03. The number of allylic oxidation sites excluding steroid dienone is 3. The van der Waals surface area contributed by atoms with Crippen LogP contribution in [0.15, 0.2) is 36.0 Å². The molecule has 12 unspecified atom stereocenters. The van der Waals surface area contributed by atoms with Gasteiger partial charge in [-0.1, -0.05) is 44.6 Å². The van der Waals surface area contributed by atoms with Crippen molar-refractivity contribution < 1.29 is 52.7 Å². The number of nitrogens with zero attached hydrogens (tertiary/aromatic N) is 1. The molecule has 4 rings (SSSR count). The molecule has 0 aromatic carbocycles. The number of ether oxygens (including phenoxy) is 6. The van der Waals surface area contributed by atoms with Gasteiger partial charge >= 0.3 is 5.97 Å². The van der Waals surface area contributed by atoms with Crippen molar-refractivity contribution in [3.8, 4) is 0 Å². The van der Waals surface area contributed by atoms with Crippen LogP contribution in [0.1, 0.15) is 125 Å². The van der Waals surface area contributed by atoms with E-state index in [4.69, 9.17) is 28.4 Å². The highest BCUT2D eigenvalue weighted by atomic mass is 16.7. The number of carbonyl (C=O) groups excluding carboxylic acids is 4. The van der Waals surface area contributed by atoms with Crippen molar-refractivity contribution in [3.05, 3.63) is 36.0 Å². The smallest absolute Gasteiger partial charge is 0.329 e. The fourth-order valence-electron chi connectivity index (χ4n) is 9.73. The fraction of sp³-hybridized carbons (Fsp3) is 0.783. The first-order valence-electron chi connectivity index (χ1n) is 21.7. The van der Waals surface area contributed by atoms with Gasteiger partial charge in [0.15, 0.2) is 0 Å². The second-order valence-electron chi connectivity index (χ2n) is 17.8. The number of amides is 1. The molecule has 12 nitrogen and oxygen atoms in total. The minimum Gasteiger partial charge on any atom is -0.456 e. The third-order valence-corrected chi connectivity index (χ3v) is 13.3. The van der Waals surface area contributed by atoms with E-state index in [1.165, 1.54) is 4.90 Å². The van der Waals surface area contributed by atoms with Crippen molar-refractivity contribution >= 4 is 23.4 Å². The van der Waals surface area contributed by atoms with Gasteiger partial charge in [0.05, 0.1) is 31.0 Å². The number of esters is 1. The van der Waals surface area contributed by atoms with E-state index in [1.54, 1.807) is 27.4 Å². The Morgan fingerprint density at radius 3 is 2.33 bits per heavy atom. The summed E-state index contributed by atoms with van der Waals surface area (Å²) < 4.78 is 36.1. The molecule has 0 aromatic heterocycles. The van der Waals surface area contributed by atoms with Crippen LogP contribution < -0.4 is 0 Å². The third-order valence-electron chi connectivity index (χ3n) is 13.3. The number of aliphatic hydroxyl groups is 1. The van der Waals surface area contributed by atoms with E-state index < -0.39 is 59.3 Å². The Hall–Kier alpha value is -2.74. The van der Waals surface area contributed by atoms with Crippen LogP contribution in [0.2, 0.25) is 0 Å². The molecule has 328 valence electrons. The number of methoxy groups -OCH3 is 3. The second-order valence-corrected chi connectivity index (χ2v) is 17.8. The topological polar surface area (TPSA) is 147 Å². The number of cyclic esters (lactones) is 1. The van der Waals surface area contributed by atoms with E-state index in [1.807, 2.05) is 34.6 Å². The summed E-state index contributed by atoms with van der Waals surface area (Å²) >= 11 is 0. The van der Waals surface area contributed by atoms with Crippen LogP contribution in [0.3, 0.4) is 0 Å². The van der Waals surface area contributed by atoms with E-state index in [9.17, 15) is 24.3 Å². The van der Waals surface area contributed by atoms with Crippen molar-refractivity contribution in [2.24, 2.45) is 23.2 Å². The predicted molar refractivity (Wildman–Crippen MR) is 221 cm³/mol. The zero-order valence-corrected chi connectivity index (χ0v) is 36.8. The average molecular weight is 816 g/mol. The number of hydrogen-bond donors (Lipinski definition) is 1. The Bertz CT molecular complexity index is 1490. The first-order valence-corrected chi connectivity index (χ1v) is 21.7. The third kappa shape index (κ3) is 11.8. The van der Waals surface area contributed by atoms with Crippen molar-refractivity contribution in [1.82, 2.24) is 4.90 Å². The summed E-state index contributed by atoms with van der Waals surface area (Å²) in [7, 11) is 4.80. The molecule has 3 aliphatic heterocycles. The lowest BCUT2D eigenvalue weighted by Gasteiger charge is -2.44. The summed E-state index contributed by atoms with van der Waals surface area (Å²) in [5, 5.41) is 11.8. The predicted octanol–water partition coefficient (Wildman–Crippen LogP) is 6.86. The lowest BCUT2D eigenvalue weighted by Crippen LogP contribution is -2.61. The maximum atomic E-state index is 14.3. The molecule has 12 heteroatoms. The van der Waals surface area contributed by atoms with E-state index in [2.05, 4.69) is 25.7 Å². The quantitative estimate of drug-likeness (QED) is 0.148. The summed E-state index contributed by atoms with van der Waals surface area (Å²) in [6.45, 7) is 16.5. The Morgan fingerprint density at radius 2 is 1.67 bits per heavy atom. The van der Waals surface area contributed by atoms with E-state index in [-0.39, 0.29) is 55.1 Å². The van der Waals surface area contributed by atoms with E-state index in [0.717, 1.165) is 30.4 Å². The van der Waals surface area contributed by atoms with Gasteiger partial charge in [-0.2, -0.15) is 0 Å². The molecule has 0 aromatic rings. The number of fused-ring (bicyclic) bond motifs is 3. The van der Waals surface area contributed by atoms with Gasteiger partial charge in [-0.25, -0.2) is 4.79 Å². The molecule has 58 heavy (non-hydrogen) atoms. The minimum absolute atomic E-state index is 0.0398.